The number of carbonyl (C=O) groups is 2. The Kier molecular flexibility index (Phi) is 5.62. The van der Waals surface area contributed by atoms with Crippen molar-refractivity contribution in [2.75, 3.05) is 6.54 Å². The zero-order chi connectivity index (χ0) is 17.7. The first kappa shape index (κ1) is 17.6. The molecule has 0 saturated heterocycles. The highest BCUT2D eigenvalue weighted by molar-refractivity contribution is 5.77. The van der Waals surface area contributed by atoms with Crippen molar-refractivity contribution in [1.29, 1.82) is 0 Å². The van der Waals surface area contributed by atoms with Crippen LogP contribution < -0.4 is 0 Å². The number of amides is 1. The predicted octanol–water partition coefficient (Wildman–Crippen LogP) is 1.36. The molecule has 0 fully saturated rings. The number of aromatic nitrogens is 4. The normalized spacial score (nSPS) is 10.8. The van der Waals surface area contributed by atoms with Crippen LogP contribution in [0.3, 0.4) is 0 Å². The second kappa shape index (κ2) is 7.67. The number of rotatable bonds is 7. The van der Waals surface area contributed by atoms with Crippen molar-refractivity contribution in [3.63, 3.8) is 0 Å². The summed E-state index contributed by atoms with van der Waals surface area (Å²) in [5.41, 5.74) is 1.96. The molecule has 0 aliphatic rings. The van der Waals surface area contributed by atoms with Crippen LogP contribution in [0.25, 0.3) is 11.4 Å². The lowest BCUT2D eigenvalue weighted by Gasteiger charge is -2.25. The van der Waals surface area contributed by atoms with Crippen molar-refractivity contribution in [1.82, 2.24) is 25.1 Å². The summed E-state index contributed by atoms with van der Waals surface area (Å²) in [6.07, 6.45) is -0.0939. The summed E-state index contributed by atoms with van der Waals surface area (Å²) in [7, 11) is 0. The van der Waals surface area contributed by atoms with Crippen LogP contribution in [-0.4, -0.2) is 54.7 Å². The summed E-state index contributed by atoms with van der Waals surface area (Å²) in [6.45, 7) is 5.75. The van der Waals surface area contributed by atoms with Crippen LogP contribution in [0, 0.1) is 6.92 Å². The molecule has 8 nitrogen and oxygen atoms in total. The molecule has 8 heteroatoms. The van der Waals surface area contributed by atoms with E-state index in [4.69, 9.17) is 5.11 Å². The van der Waals surface area contributed by atoms with Crippen molar-refractivity contribution in [3.8, 4) is 11.4 Å². The van der Waals surface area contributed by atoms with Gasteiger partial charge in [-0.25, -0.2) is 0 Å². The first-order chi connectivity index (χ1) is 11.4. The minimum absolute atomic E-state index is 0.0728. The zero-order valence-electron chi connectivity index (χ0n) is 14.0. The fourth-order valence-electron chi connectivity index (χ4n) is 2.23. The number of nitrogens with zero attached hydrogens (tertiary/aromatic N) is 5. The van der Waals surface area contributed by atoms with Crippen LogP contribution in [0.5, 0.6) is 0 Å². The number of hydrogen-bond acceptors (Lipinski definition) is 5. The minimum atomic E-state index is -0.936. The average Bonchev–Trinajstić information content (AvgIpc) is 2.95. The Hall–Kier alpha value is -2.77. The number of aryl methyl sites for hydroxylation is 1. The van der Waals surface area contributed by atoms with E-state index in [-0.39, 0.29) is 31.5 Å². The molecule has 0 aliphatic carbocycles. The molecule has 0 unspecified atom stereocenters. The van der Waals surface area contributed by atoms with Crippen LogP contribution in [-0.2, 0) is 16.1 Å². The number of carboxylic acid groups (broad SMARTS) is 1. The average molecular weight is 331 g/mol. The summed E-state index contributed by atoms with van der Waals surface area (Å²) in [6, 6.07) is 7.59. The topological polar surface area (TPSA) is 101 Å². The van der Waals surface area contributed by atoms with Crippen molar-refractivity contribution >= 4 is 11.9 Å². The quantitative estimate of drug-likeness (QED) is 0.822. The second-order valence-electron chi connectivity index (χ2n) is 5.83. The van der Waals surface area contributed by atoms with E-state index in [9.17, 15) is 9.59 Å². The fourth-order valence-corrected chi connectivity index (χ4v) is 2.23. The Labute approximate surface area is 140 Å². The molecule has 0 spiro atoms. The molecule has 0 radical (unpaired) electrons. The van der Waals surface area contributed by atoms with Gasteiger partial charge in [0.1, 0.15) is 6.54 Å². The van der Waals surface area contributed by atoms with Gasteiger partial charge < -0.3 is 10.0 Å². The number of hydrogen-bond donors (Lipinski definition) is 1. The smallest absolute Gasteiger partial charge is 0.305 e. The van der Waals surface area contributed by atoms with Gasteiger partial charge in [0, 0.05) is 18.2 Å². The number of carboxylic acids is 1. The lowest BCUT2D eigenvalue weighted by Crippen LogP contribution is -2.40. The predicted molar refractivity (Wildman–Crippen MR) is 87.1 cm³/mol. The second-order valence-corrected chi connectivity index (χ2v) is 5.83. The monoisotopic (exact) mass is 331 g/mol. The first-order valence-electron chi connectivity index (χ1n) is 7.73. The number of tetrazole rings is 1. The number of aliphatic carboxylic acids is 1. The van der Waals surface area contributed by atoms with Crippen LogP contribution in [0.15, 0.2) is 24.3 Å². The molecule has 0 atom stereocenters. The molecule has 1 aromatic carbocycles. The lowest BCUT2D eigenvalue weighted by molar-refractivity contribution is -0.139. The first-order valence-corrected chi connectivity index (χ1v) is 7.73. The number of carbonyl (C=O) groups excluding carboxylic acids is 1. The molecule has 0 aliphatic heterocycles. The summed E-state index contributed by atoms with van der Waals surface area (Å²) >= 11 is 0. The molecule has 1 N–H and O–H groups in total. The van der Waals surface area contributed by atoms with Gasteiger partial charge in [-0.05, 0) is 26.0 Å². The highest BCUT2D eigenvalue weighted by Gasteiger charge is 2.19. The van der Waals surface area contributed by atoms with E-state index in [2.05, 4.69) is 15.4 Å². The molecule has 1 aromatic heterocycles. The fraction of sp³-hybridized carbons (Fsp3) is 0.438. The number of benzene rings is 1. The standard InChI is InChI=1S/C16H21N5O3/c1-11(2)20(9-8-15(23)24)14(22)10-21-18-16(17-19-21)13-6-4-12(3)5-7-13/h4-7,11H,8-10H2,1-3H3,(H,23,24). The van der Waals surface area contributed by atoms with E-state index in [0.717, 1.165) is 11.1 Å². The molecule has 1 heterocycles. The van der Waals surface area contributed by atoms with Gasteiger partial charge in [0.15, 0.2) is 0 Å². The van der Waals surface area contributed by atoms with Gasteiger partial charge >= 0.3 is 5.97 Å². The Morgan fingerprint density at radius 2 is 1.92 bits per heavy atom. The van der Waals surface area contributed by atoms with Crippen LogP contribution >= 0.6 is 0 Å². The highest BCUT2D eigenvalue weighted by Crippen LogP contribution is 2.14. The van der Waals surface area contributed by atoms with Gasteiger partial charge in [-0.15, -0.1) is 10.2 Å². The van der Waals surface area contributed by atoms with E-state index in [1.165, 1.54) is 9.70 Å². The molecule has 2 rings (SSSR count). The molecule has 2 aromatic rings. The molecule has 24 heavy (non-hydrogen) atoms. The summed E-state index contributed by atoms with van der Waals surface area (Å²) in [5.74, 6) is -0.725. The van der Waals surface area contributed by atoms with Crippen molar-refractivity contribution < 1.29 is 14.7 Å². The Morgan fingerprint density at radius 1 is 1.25 bits per heavy atom. The maximum Gasteiger partial charge on any atom is 0.305 e. The molecule has 1 amide bonds. The third-order valence-corrected chi connectivity index (χ3v) is 3.55. The molecular weight excluding hydrogens is 310 g/mol. The zero-order valence-corrected chi connectivity index (χ0v) is 14.0. The van der Waals surface area contributed by atoms with Crippen molar-refractivity contribution in [3.05, 3.63) is 29.8 Å². The van der Waals surface area contributed by atoms with E-state index in [1.807, 2.05) is 45.0 Å². The van der Waals surface area contributed by atoms with Gasteiger partial charge in [-0.2, -0.15) is 4.80 Å². The molecular formula is C16H21N5O3. The van der Waals surface area contributed by atoms with Crippen molar-refractivity contribution in [2.45, 2.75) is 39.8 Å². The molecule has 0 saturated carbocycles. The van der Waals surface area contributed by atoms with Crippen molar-refractivity contribution in [2.24, 2.45) is 0 Å². The third-order valence-electron chi connectivity index (χ3n) is 3.55. The lowest BCUT2D eigenvalue weighted by atomic mass is 10.1. The molecule has 128 valence electrons. The largest absolute Gasteiger partial charge is 0.481 e. The van der Waals surface area contributed by atoms with E-state index in [1.54, 1.807) is 0 Å². The summed E-state index contributed by atoms with van der Waals surface area (Å²) in [4.78, 5) is 25.8. The van der Waals surface area contributed by atoms with Gasteiger partial charge in [0.25, 0.3) is 0 Å². The van der Waals surface area contributed by atoms with Crippen LogP contribution in [0.4, 0.5) is 0 Å². The maximum atomic E-state index is 12.4. The highest BCUT2D eigenvalue weighted by atomic mass is 16.4. The Balaban J connectivity index is 2.05. The third kappa shape index (κ3) is 4.61. The van der Waals surface area contributed by atoms with E-state index < -0.39 is 5.97 Å². The van der Waals surface area contributed by atoms with Gasteiger partial charge in [0.05, 0.1) is 6.42 Å². The summed E-state index contributed by atoms with van der Waals surface area (Å²) < 4.78 is 0. The Bertz CT molecular complexity index is 709. The van der Waals surface area contributed by atoms with Gasteiger partial charge in [0.2, 0.25) is 11.7 Å². The summed E-state index contributed by atoms with van der Waals surface area (Å²) in [5, 5.41) is 20.9. The van der Waals surface area contributed by atoms with Gasteiger partial charge in [-0.1, -0.05) is 29.8 Å². The van der Waals surface area contributed by atoms with E-state index in [0.29, 0.717) is 5.82 Å². The maximum absolute atomic E-state index is 12.4. The van der Waals surface area contributed by atoms with Crippen LogP contribution in [0.2, 0.25) is 0 Å². The van der Waals surface area contributed by atoms with Crippen LogP contribution in [0.1, 0.15) is 25.8 Å². The minimum Gasteiger partial charge on any atom is -0.481 e. The molecule has 0 bridgehead atoms. The van der Waals surface area contributed by atoms with Gasteiger partial charge in [-0.3, -0.25) is 9.59 Å². The Morgan fingerprint density at radius 3 is 2.50 bits per heavy atom. The van der Waals surface area contributed by atoms with E-state index >= 15 is 0 Å². The SMILES string of the molecule is Cc1ccc(-c2nnn(CC(=O)N(CCC(=O)O)C(C)C)n2)cc1.